The van der Waals surface area contributed by atoms with E-state index in [0.717, 1.165) is 18.7 Å². The van der Waals surface area contributed by atoms with Crippen LogP contribution >= 0.6 is 0 Å². The van der Waals surface area contributed by atoms with Crippen LogP contribution in [0.2, 0.25) is 0 Å². The number of β-amino-alcohol motifs (C(OH)–C–C–N with tert-alkyl or cyclic N) is 1. The predicted molar refractivity (Wildman–Crippen MR) is 68.2 cm³/mol. The zero-order valence-corrected chi connectivity index (χ0v) is 10.1. The summed E-state index contributed by atoms with van der Waals surface area (Å²) in [6, 6.07) is 8.62. The molecule has 4 heteroatoms. The SMILES string of the molecule is CNC1CCN(CC(O)CO)c2ccccc21. The third-order valence-electron chi connectivity index (χ3n) is 3.33. The molecule has 94 valence electrons. The summed E-state index contributed by atoms with van der Waals surface area (Å²) in [5.74, 6) is 0. The van der Waals surface area contributed by atoms with Crippen LogP contribution in [0.15, 0.2) is 24.3 Å². The molecule has 0 saturated heterocycles. The maximum atomic E-state index is 9.55. The van der Waals surface area contributed by atoms with E-state index < -0.39 is 6.10 Å². The lowest BCUT2D eigenvalue weighted by molar-refractivity contribution is 0.0994. The van der Waals surface area contributed by atoms with Gasteiger partial charge < -0.3 is 20.4 Å². The summed E-state index contributed by atoms with van der Waals surface area (Å²) in [6.45, 7) is 1.21. The fourth-order valence-electron chi connectivity index (χ4n) is 2.43. The average molecular weight is 236 g/mol. The minimum absolute atomic E-state index is 0.186. The molecule has 0 radical (unpaired) electrons. The highest BCUT2D eigenvalue weighted by atomic mass is 16.3. The Morgan fingerprint density at radius 3 is 2.94 bits per heavy atom. The molecule has 0 fully saturated rings. The van der Waals surface area contributed by atoms with Crippen molar-refractivity contribution in [2.75, 3.05) is 31.6 Å². The number of hydrogen-bond donors (Lipinski definition) is 3. The van der Waals surface area contributed by atoms with Gasteiger partial charge in [0.05, 0.1) is 12.7 Å². The van der Waals surface area contributed by atoms with Crippen molar-refractivity contribution in [2.24, 2.45) is 0 Å². The monoisotopic (exact) mass is 236 g/mol. The highest BCUT2D eigenvalue weighted by Gasteiger charge is 2.24. The second kappa shape index (κ2) is 5.49. The third kappa shape index (κ3) is 2.60. The third-order valence-corrected chi connectivity index (χ3v) is 3.33. The Morgan fingerprint density at radius 1 is 1.47 bits per heavy atom. The van der Waals surface area contributed by atoms with Gasteiger partial charge >= 0.3 is 0 Å². The molecule has 4 nitrogen and oxygen atoms in total. The van der Waals surface area contributed by atoms with Gasteiger partial charge in [0.25, 0.3) is 0 Å². The van der Waals surface area contributed by atoms with E-state index in [9.17, 15) is 5.11 Å². The van der Waals surface area contributed by atoms with Gasteiger partial charge in [-0.3, -0.25) is 0 Å². The Labute approximate surface area is 102 Å². The Morgan fingerprint density at radius 2 is 2.24 bits per heavy atom. The van der Waals surface area contributed by atoms with Gasteiger partial charge in [-0.15, -0.1) is 0 Å². The molecule has 2 unspecified atom stereocenters. The number of fused-ring (bicyclic) bond motifs is 1. The van der Waals surface area contributed by atoms with Crippen molar-refractivity contribution in [3.05, 3.63) is 29.8 Å². The summed E-state index contributed by atoms with van der Waals surface area (Å²) in [5.41, 5.74) is 2.43. The Bertz CT molecular complexity index is 370. The molecule has 0 aromatic heterocycles. The zero-order chi connectivity index (χ0) is 12.3. The average Bonchev–Trinajstić information content (AvgIpc) is 2.39. The van der Waals surface area contributed by atoms with Crippen LogP contribution in [0, 0.1) is 0 Å². The largest absolute Gasteiger partial charge is 0.394 e. The minimum Gasteiger partial charge on any atom is -0.394 e. The number of nitrogens with one attached hydrogen (secondary N) is 1. The maximum Gasteiger partial charge on any atom is 0.0945 e. The highest BCUT2D eigenvalue weighted by molar-refractivity contribution is 5.57. The van der Waals surface area contributed by atoms with Gasteiger partial charge in [-0.25, -0.2) is 0 Å². The topological polar surface area (TPSA) is 55.7 Å². The highest BCUT2D eigenvalue weighted by Crippen LogP contribution is 2.33. The lowest BCUT2D eigenvalue weighted by Crippen LogP contribution is -2.40. The van der Waals surface area contributed by atoms with Crippen LogP contribution in [0.4, 0.5) is 5.69 Å². The van der Waals surface area contributed by atoms with Crippen LogP contribution in [0.3, 0.4) is 0 Å². The van der Waals surface area contributed by atoms with E-state index >= 15 is 0 Å². The molecule has 1 aromatic carbocycles. The molecule has 1 aromatic rings. The summed E-state index contributed by atoms with van der Waals surface area (Å²) >= 11 is 0. The van der Waals surface area contributed by atoms with Crippen molar-refractivity contribution in [3.63, 3.8) is 0 Å². The summed E-state index contributed by atoms with van der Waals surface area (Å²) in [4.78, 5) is 2.14. The number of rotatable bonds is 4. The molecule has 0 bridgehead atoms. The van der Waals surface area contributed by atoms with E-state index in [4.69, 9.17) is 5.11 Å². The molecule has 17 heavy (non-hydrogen) atoms. The van der Waals surface area contributed by atoms with Gasteiger partial charge in [0.2, 0.25) is 0 Å². The number of aliphatic hydroxyl groups is 2. The molecule has 1 aliphatic rings. The summed E-state index contributed by atoms with van der Waals surface area (Å²) in [6.07, 6.45) is 0.347. The van der Waals surface area contributed by atoms with Gasteiger partial charge in [-0.1, -0.05) is 18.2 Å². The minimum atomic E-state index is -0.672. The summed E-state index contributed by atoms with van der Waals surface area (Å²) in [5, 5.41) is 21.8. The molecule has 2 rings (SSSR count). The van der Waals surface area contributed by atoms with Crippen LogP contribution < -0.4 is 10.2 Å². The van der Waals surface area contributed by atoms with Crippen LogP contribution in [-0.4, -0.2) is 43.1 Å². The lowest BCUT2D eigenvalue weighted by atomic mass is 9.96. The lowest BCUT2D eigenvalue weighted by Gasteiger charge is -2.36. The van der Waals surface area contributed by atoms with Gasteiger partial charge in [0.15, 0.2) is 0 Å². The standard InChI is InChI=1S/C13H20N2O2/c1-14-12-6-7-15(8-10(17)9-16)13-5-3-2-4-11(12)13/h2-5,10,12,14,16-17H,6-9H2,1H3. The predicted octanol–water partition coefficient (Wildman–Crippen LogP) is 0.510. The summed E-state index contributed by atoms with van der Waals surface area (Å²) in [7, 11) is 1.97. The molecule has 0 aliphatic carbocycles. The number of para-hydroxylation sites is 1. The molecular formula is C13H20N2O2. The Hall–Kier alpha value is -1.10. The molecule has 3 N–H and O–H groups in total. The number of aliphatic hydroxyl groups excluding tert-OH is 2. The van der Waals surface area contributed by atoms with Crippen molar-refractivity contribution in [1.29, 1.82) is 0 Å². The van der Waals surface area contributed by atoms with Crippen LogP contribution in [-0.2, 0) is 0 Å². The fraction of sp³-hybridized carbons (Fsp3) is 0.538. The van der Waals surface area contributed by atoms with E-state index in [1.807, 2.05) is 19.2 Å². The normalized spacial score (nSPS) is 21.1. The first kappa shape index (κ1) is 12.4. The smallest absolute Gasteiger partial charge is 0.0945 e. The summed E-state index contributed by atoms with van der Waals surface area (Å²) < 4.78 is 0. The molecule has 0 amide bonds. The molecule has 1 aliphatic heterocycles. The first-order valence-corrected chi connectivity index (χ1v) is 6.06. The van der Waals surface area contributed by atoms with Crippen LogP contribution in [0.1, 0.15) is 18.0 Å². The van der Waals surface area contributed by atoms with Gasteiger partial charge in [0, 0.05) is 24.8 Å². The van der Waals surface area contributed by atoms with E-state index in [1.54, 1.807) is 0 Å². The van der Waals surface area contributed by atoms with Crippen molar-refractivity contribution in [1.82, 2.24) is 5.32 Å². The first-order valence-electron chi connectivity index (χ1n) is 6.06. The maximum absolute atomic E-state index is 9.55. The van der Waals surface area contributed by atoms with Gasteiger partial charge in [0.1, 0.15) is 0 Å². The quantitative estimate of drug-likeness (QED) is 0.713. The van der Waals surface area contributed by atoms with E-state index in [0.29, 0.717) is 12.6 Å². The van der Waals surface area contributed by atoms with E-state index in [2.05, 4.69) is 22.3 Å². The van der Waals surface area contributed by atoms with Crippen molar-refractivity contribution >= 4 is 5.69 Å². The van der Waals surface area contributed by atoms with Crippen LogP contribution in [0.25, 0.3) is 0 Å². The fourth-order valence-corrected chi connectivity index (χ4v) is 2.43. The van der Waals surface area contributed by atoms with Crippen molar-refractivity contribution in [3.8, 4) is 0 Å². The van der Waals surface area contributed by atoms with E-state index in [1.165, 1.54) is 5.56 Å². The molecule has 0 spiro atoms. The number of nitrogens with zero attached hydrogens (tertiary/aromatic N) is 1. The molecule has 1 heterocycles. The molecular weight excluding hydrogens is 216 g/mol. The number of hydrogen-bond acceptors (Lipinski definition) is 4. The van der Waals surface area contributed by atoms with Crippen molar-refractivity contribution in [2.45, 2.75) is 18.6 Å². The molecule has 2 atom stereocenters. The second-order valence-electron chi connectivity index (χ2n) is 4.47. The Balaban J connectivity index is 2.22. The first-order chi connectivity index (χ1) is 8.26. The Kier molecular flexibility index (Phi) is 3.99. The number of benzene rings is 1. The van der Waals surface area contributed by atoms with Gasteiger partial charge in [-0.05, 0) is 25.1 Å². The molecule has 0 saturated carbocycles. The van der Waals surface area contributed by atoms with Crippen LogP contribution in [0.5, 0.6) is 0 Å². The zero-order valence-electron chi connectivity index (χ0n) is 10.1. The number of anilines is 1. The van der Waals surface area contributed by atoms with E-state index in [-0.39, 0.29) is 6.61 Å². The van der Waals surface area contributed by atoms with Crippen molar-refractivity contribution < 1.29 is 10.2 Å². The van der Waals surface area contributed by atoms with Gasteiger partial charge in [-0.2, -0.15) is 0 Å². The second-order valence-corrected chi connectivity index (χ2v) is 4.47.